The Labute approximate surface area is 149 Å². The molecule has 1 unspecified atom stereocenters. The largest absolute Gasteiger partial charge is 0.496 e. The van der Waals surface area contributed by atoms with E-state index in [0.29, 0.717) is 12.6 Å². The molecular weight excluding hydrogens is 393 g/mol. The molecule has 1 heterocycles. The molecule has 1 aromatic carbocycles. The van der Waals surface area contributed by atoms with E-state index in [1.807, 2.05) is 0 Å². The van der Waals surface area contributed by atoms with Gasteiger partial charge >= 0.3 is 0 Å². The highest BCUT2D eigenvalue weighted by atomic mass is 127. The second-order valence-electron chi connectivity index (χ2n) is 5.63. The summed E-state index contributed by atoms with van der Waals surface area (Å²) in [7, 11) is 3.47. The van der Waals surface area contributed by atoms with Crippen LogP contribution in [0.1, 0.15) is 31.9 Å². The van der Waals surface area contributed by atoms with E-state index in [0.717, 1.165) is 29.4 Å². The summed E-state index contributed by atoms with van der Waals surface area (Å²) in [6.45, 7) is 6.88. The molecule has 0 aromatic heterocycles. The van der Waals surface area contributed by atoms with E-state index < -0.39 is 0 Å². The molecule has 2 N–H and O–H groups in total. The van der Waals surface area contributed by atoms with Crippen LogP contribution in [0.5, 0.6) is 11.5 Å². The van der Waals surface area contributed by atoms with Crippen LogP contribution in [0.3, 0.4) is 0 Å². The number of halogens is 1. The van der Waals surface area contributed by atoms with Crippen LogP contribution in [-0.4, -0.2) is 32.3 Å². The maximum atomic E-state index is 5.82. The molecule has 1 aliphatic rings. The lowest BCUT2D eigenvalue weighted by atomic mass is 10.1. The molecule has 1 atom stereocenters. The van der Waals surface area contributed by atoms with Gasteiger partial charge in [-0.1, -0.05) is 0 Å². The monoisotopic (exact) mass is 419 g/mol. The van der Waals surface area contributed by atoms with E-state index in [1.165, 1.54) is 5.56 Å². The fraction of sp³-hybridized carbons (Fsp3) is 0.562. The highest BCUT2D eigenvalue weighted by Crippen LogP contribution is 2.34. The third kappa shape index (κ3) is 4.66. The van der Waals surface area contributed by atoms with Crippen molar-refractivity contribution < 1.29 is 9.47 Å². The Kier molecular flexibility index (Phi) is 7.25. The zero-order valence-corrected chi connectivity index (χ0v) is 16.2. The van der Waals surface area contributed by atoms with Crippen LogP contribution in [0, 0.1) is 0 Å². The number of hydrogen-bond acceptors (Lipinski definition) is 3. The first-order valence-corrected chi connectivity index (χ1v) is 7.37. The summed E-state index contributed by atoms with van der Waals surface area (Å²) in [6, 6.07) is 4.48. The lowest BCUT2D eigenvalue weighted by Gasteiger charge is -2.16. The molecule has 1 aliphatic heterocycles. The molecular formula is C16H26IN3O2. The first-order chi connectivity index (χ1) is 10.0. The molecule has 0 saturated heterocycles. The van der Waals surface area contributed by atoms with Crippen LogP contribution in [-0.2, 0) is 13.0 Å². The molecule has 2 rings (SSSR count). The lowest BCUT2D eigenvalue weighted by molar-refractivity contribution is 0.254. The van der Waals surface area contributed by atoms with Crippen molar-refractivity contribution in [1.29, 1.82) is 0 Å². The summed E-state index contributed by atoms with van der Waals surface area (Å²) in [6.07, 6.45) is 1.18. The van der Waals surface area contributed by atoms with Gasteiger partial charge in [-0.3, -0.25) is 4.99 Å². The van der Waals surface area contributed by atoms with Crippen molar-refractivity contribution in [3.05, 3.63) is 23.3 Å². The maximum Gasteiger partial charge on any atom is 0.191 e. The minimum Gasteiger partial charge on any atom is -0.496 e. The molecule has 0 amide bonds. The highest BCUT2D eigenvalue weighted by Gasteiger charge is 2.21. The molecule has 0 aliphatic carbocycles. The van der Waals surface area contributed by atoms with Crippen molar-refractivity contribution in [2.45, 2.75) is 45.9 Å². The van der Waals surface area contributed by atoms with Gasteiger partial charge in [-0.15, -0.1) is 24.0 Å². The zero-order valence-electron chi connectivity index (χ0n) is 13.9. The second kappa shape index (κ2) is 8.45. The van der Waals surface area contributed by atoms with E-state index >= 15 is 0 Å². The van der Waals surface area contributed by atoms with Gasteiger partial charge in [0.25, 0.3) is 0 Å². The van der Waals surface area contributed by atoms with Gasteiger partial charge in [0.1, 0.15) is 17.6 Å². The van der Waals surface area contributed by atoms with Crippen molar-refractivity contribution in [3.8, 4) is 11.5 Å². The number of hydrogen-bond donors (Lipinski definition) is 2. The van der Waals surface area contributed by atoms with Crippen LogP contribution in [0.15, 0.2) is 17.1 Å². The molecule has 5 nitrogen and oxygen atoms in total. The Morgan fingerprint density at radius 2 is 2.18 bits per heavy atom. The number of methoxy groups -OCH3 is 1. The Balaban J connectivity index is 0.00000242. The molecule has 0 saturated carbocycles. The first kappa shape index (κ1) is 18.9. The molecule has 1 aromatic rings. The smallest absolute Gasteiger partial charge is 0.191 e. The van der Waals surface area contributed by atoms with E-state index in [9.17, 15) is 0 Å². The molecule has 6 heteroatoms. The number of nitrogens with zero attached hydrogens (tertiary/aromatic N) is 1. The maximum absolute atomic E-state index is 5.82. The van der Waals surface area contributed by atoms with Gasteiger partial charge in [0, 0.05) is 37.2 Å². The van der Waals surface area contributed by atoms with Crippen molar-refractivity contribution in [2.24, 2.45) is 4.99 Å². The highest BCUT2D eigenvalue weighted by molar-refractivity contribution is 14.0. The molecule has 22 heavy (non-hydrogen) atoms. The van der Waals surface area contributed by atoms with Gasteiger partial charge in [0.05, 0.1) is 7.11 Å². The Morgan fingerprint density at radius 3 is 2.77 bits per heavy atom. The van der Waals surface area contributed by atoms with Crippen LogP contribution in [0.4, 0.5) is 0 Å². The topological polar surface area (TPSA) is 54.9 Å². The van der Waals surface area contributed by atoms with E-state index in [2.05, 4.69) is 48.5 Å². The average Bonchev–Trinajstić information content (AvgIpc) is 2.80. The van der Waals surface area contributed by atoms with Gasteiger partial charge in [-0.25, -0.2) is 0 Å². The minimum atomic E-state index is 0. The summed E-state index contributed by atoms with van der Waals surface area (Å²) in [4.78, 5) is 4.21. The van der Waals surface area contributed by atoms with Gasteiger partial charge in [-0.2, -0.15) is 0 Å². The Hall–Kier alpha value is -1.18. The van der Waals surface area contributed by atoms with E-state index in [-0.39, 0.29) is 30.1 Å². The van der Waals surface area contributed by atoms with E-state index in [4.69, 9.17) is 9.47 Å². The second-order valence-corrected chi connectivity index (χ2v) is 5.63. The number of aliphatic imine (C=N–C) groups is 1. The number of guanidine groups is 1. The number of nitrogens with one attached hydrogen (secondary N) is 2. The summed E-state index contributed by atoms with van der Waals surface area (Å²) >= 11 is 0. The number of benzene rings is 1. The fourth-order valence-electron chi connectivity index (χ4n) is 2.46. The summed E-state index contributed by atoms with van der Waals surface area (Å²) in [5.41, 5.74) is 2.28. The number of fused-ring (bicyclic) bond motifs is 1. The lowest BCUT2D eigenvalue weighted by Crippen LogP contribution is -2.40. The summed E-state index contributed by atoms with van der Waals surface area (Å²) in [5.74, 6) is 2.63. The predicted octanol–water partition coefficient (Wildman–Crippen LogP) is 2.71. The molecule has 0 fully saturated rings. The van der Waals surface area contributed by atoms with Crippen molar-refractivity contribution in [1.82, 2.24) is 10.6 Å². The molecule has 0 bridgehead atoms. The first-order valence-electron chi connectivity index (χ1n) is 7.37. The van der Waals surface area contributed by atoms with Crippen LogP contribution in [0.25, 0.3) is 0 Å². The number of rotatable bonds is 4. The van der Waals surface area contributed by atoms with Crippen LogP contribution >= 0.6 is 24.0 Å². The third-order valence-corrected chi connectivity index (χ3v) is 3.39. The third-order valence-electron chi connectivity index (χ3n) is 3.39. The number of ether oxygens (including phenoxy) is 2. The molecule has 124 valence electrons. The predicted molar refractivity (Wildman–Crippen MR) is 101 cm³/mol. The quantitative estimate of drug-likeness (QED) is 0.448. The summed E-state index contributed by atoms with van der Waals surface area (Å²) < 4.78 is 11.3. The van der Waals surface area contributed by atoms with Crippen molar-refractivity contribution in [3.63, 3.8) is 0 Å². The van der Waals surface area contributed by atoms with Gasteiger partial charge in [-0.05, 0) is 32.9 Å². The van der Waals surface area contributed by atoms with Crippen molar-refractivity contribution in [2.75, 3.05) is 14.2 Å². The minimum absolute atomic E-state index is 0. The SMILES string of the molecule is CN=C(NCc1cc2c(cc1OC)CC(C)O2)NC(C)C.I. The Morgan fingerprint density at radius 1 is 1.45 bits per heavy atom. The standard InChI is InChI=1S/C16H25N3O2.HI/c1-10(2)19-16(17-4)18-9-13-8-15-12(6-11(3)21-15)7-14(13)20-5;/h7-8,10-11H,6,9H2,1-5H3,(H2,17,18,19);1H. The van der Waals surface area contributed by atoms with Gasteiger partial charge in [0.2, 0.25) is 0 Å². The van der Waals surface area contributed by atoms with Gasteiger partial charge in [0.15, 0.2) is 5.96 Å². The molecule has 0 radical (unpaired) electrons. The van der Waals surface area contributed by atoms with Crippen molar-refractivity contribution >= 4 is 29.9 Å². The van der Waals surface area contributed by atoms with Crippen LogP contribution in [0.2, 0.25) is 0 Å². The fourth-order valence-corrected chi connectivity index (χ4v) is 2.46. The zero-order chi connectivity index (χ0) is 15.4. The van der Waals surface area contributed by atoms with Crippen LogP contribution < -0.4 is 20.1 Å². The Bertz CT molecular complexity index is 532. The molecule has 0 spiro atoms. The normalized spacial score (nSPS) is 16.6. The summed E-state index contributed by atoms with van der Waals surface area (Å²) in [5, 5.41) is 6.56. The average molecular weight is 419 g/mol. The van der Waals surface area contributed by atoms with Gasteiger partial charge < -0.3 is 20.1 Å². The van der Waals surface area contributed by atoms with E-state index in [1.54, 1.807) is 14.2 Å².